The predicted molar refractivity (Wildman–Crippen MR) is 116 cm³/mol. The number of halogens is 2. The van der Waals surface area contributed by atoms with Crippen LogP contribution in [0.25, 0.3) is 11.0 Å². The monoisotopic (exact) mass is 427 g/mol. The summed E-state index contributed by atoms with van der Waals surface area (Å²) in [5, 5.41) is 3.52. The molecule has 1 aliphatic rings. The second-order valence-electron chi connectivity index (χ2n) is 8.18. The Hall–Kier alpha value is -2.71. The van der Waals surface area contributed by atoms with Gasteiger partial charge < -0.3 is 14.8 Å². The van der Waals surface area contributed by atoms with Crippen LogP contribution in [-0.2, 0) is 13.1 Å². The predicted octanol–water partition coefficient (Wildman–Crippen LogP) is 2.94. The van der Waals surface area contributed by atoms with Gasteiger partial charge in [0.1, 0.15) is 11.6 Å². The van der Waals surface area contributed by atoms with Gasteiger partial charge in [0, 0.05) is 43.5 Å². The summed E-state index contributed by atoms with van der Waals surface area (Å²) in [4.78, 5) is 22.9. The van der Waals surface area contributed by atoms with E-state index in [-0.39, 0.29) is 11.4 Å². The molecule has 0 unspecified atom stereocenters. The Bertz CT molecular complexity index is 1140. The van der Waals surface area contributed by atoms with Gasteiger partial charge >= 0.3 is 0 Å². The number of hydrogen-bond acceptors (Lipinski definition) is 5. The summed E-state index contributed by atoms with van der Waals surface area (Å²) in [7, 11) is 0. The number of aryl methyl sites for hydroxylation is 2. The van der Waals surface area contributed by atoms with Crippen LogP contribution in [0.5, 0.6) is 0 Å². The Morgan fingerprint density at radius 3 is 2.65 bits per heavy atom. The zero-order valence-corrected chi connectivity index (χ0v) is 17.9. The Labute approximate surface area is 179 Å². The van der Waals surface area contributed by atoms with Crippen molar-refractivity contribution in [2.45, 2.75) is 45.8 Å². The van der Waals surface area contributed by atoms with Crippen molar-refractivity contribution < 1.29 is 8.78 Å². The molecule has 0 saturated carbocycles. The molecule has 0 amide bonds. The molecule has 0 aromatic carbocycles. The van der Waals surface area contributed by atoms with Gasteiger partial charge in [-0.25, -0.2) is 8.78 Å². The molecule has 31 heavy (non-hydrogen) atoms. The molecule has 1 fully saturated rings. The molecule has 0 aliphatic carbocycles. The minimum Gasteiger partial charge on any atom is -0.310 e. The highest BCUT2D eigenvalue weighted by Gasteiger charge is 2.19. The Balaban J connectivity index is 1.31. The number of aromatic nitrogens is 3. The summed E-state index contributed by atoms with van der Waals surface area (Å²) in [6, 6.07) is 6.40. The SMILES string of the molecule is Cc1nc(C)c(CNC2CCN(CCn3c(=O)ccc4ncc(F)cc43)CC2)cc1F. The molecule has 0 spiro atoms. The fourth-order valence-corrected chi connectivity index (χ4v) is 4.15. The highest BCUT2D eigenvalue weighted by atomic mass is 19.1. The lowest BCUT2D eigenvalue weighted by Gasteiger charge is -2.32. The van der Waals surface area contributed by atoms with Crippen LogP contribution in [0.2, 0.25) is 0 Å². The molecule has 1 N–H and O–H groups in total. The summed E-state index contributed by atoms with van der Waals surface area (Å²) >= 11 is 0. The average molecular weight is 427 g/mol. The van der Waals surface area contributed by atoms with Crippen LogP contribution in [-0.4, -0.2) is 45.1 Å². The number of nitrogens with zero attached hydrogens (tertiary/aromatic N) is 4. The van der Waals surface area contributed by atoms with E-state index in [2.05, 4.69) is 20.2 Å². The minimum atomic E-state index is -0.447. The second kappa shape index (κ2) is 9.20. The highest BCUT2D eigenvalue weighted by Crippen LogP contribution is 2.15. The summed E-state index contributed by atoms with van der Waals surface area (Å²) < 4.78 is 29.0. The number of rotatable bonds is 6. The van der Waals surface area contributed by atoms with Crippen LogP contribution in [0.3, 0.4) is 0 Å². The van der Waals surface area contributed by atoms with Crippen LogP contribution in [0.1, 0.15) is 29.8 Å². The Morgan fingerprint density at radius 2 is 1.87 bits per heavy atom. The van der Waals surface area contributed by atoms with Crippen molar-refractivity contribution in [2.75, 3.05) is 19.6 Å². The molecule has 3 aromatic heterocycles. The van der Waals surface area contributed by atoms with Crippen LogP contribution in [0, 0.1) is 25.5 Å². The normalized spacial score (nSPS) is 15.6. The van der Waals surface area contributed by atoms with Crippen molar-refractivity contribution in [2.24, 2.45) is 0 Å². The van der Waals surface area contributed by atoms with E-state index in [1.165, 1.54) is 12.1 Å². The van der Waals surface area contributed by atoms with Crippen molar-refractivity contribution >= 4 is 11.0 Å². The summed E-state index contributed by atoms with van der Waals surface area (Å²) in [5.41, 5.74) is 3.17. The van der Waals surface area contributed by atoms with Gasteiger partial charge in [-0.3, -0.25) is 14.8 Å². The third-order valence-corrected chi connectivity index (χ3v) is 6.06. The molecule has 0 radical (unpaired) electrons. The number of hydrogen-bond donors (Lipinski definition) is 1. The summed E-state index contributed by atoms with van der Waals surface area (Å²) in [5.74, 6) is -0.714. The maximum Gasteiger partial charge on any atom is 0.251 e. The van der Waals surface area contributed by atoms with E-state index in [1.54, 1.807) is 23.6 Å². The van der Waals surface area contributed by atoms with E-state index in [9.17, 15) is 13.6 Å². The fraction of sp³-hybridized carbons (Fsp3) is 0.435. The fourth-order valence-electron chi connectivity index (χ4n) is 4.15. The number of nitrogens with one attached hydrogen (secondary N) is 1. The molecule has 164 valence electrons. The van der Waals surface area contributed by atoms with Gasteiger partial charge in [-0.15, -0.1) is 0 Å². The first-order valence-corrected chi connectivity index (χ1v) is 10.6. The maximum atomic E-state index is 13.8. The summed E-state index contributed by atoms with van der Waals surface area (Å²) in [6.45, 7) is 7.20. The van der Waals surface area contributed by atoms with Gasteiger partial charge in [0.15, 0.2) is 0 Å². The lowest BCUT2D eigenvalue weighted by molar-refractivity contribution is 0.191. The van der Waals surface area contributed by atoms with E-state index >= 15 is 0 Å². The topological polar surface area (TPSA) is 63.1 Å². The van der Waals surface area contributed by atoms with Gasteiger partial charge in [0.2, 0.25) is 0 Å². The van der Waals surface area contributed by atoms with E-state index in [0.29, 0.717) is 42.4 Å². The van der Waals surface area contributed by atoms with E-state index in [0.717, 1.165) is 43.4 Å². The molecule has 3 aromatic rings. The Kier molecular flexibility index (Phi) is 6.38. The highest BCUT2D eigenvalue weighted by molar-refractivity contribution is 5.74. The minimum absolute atomic E-state index is 0.147. The molecule has 1 aliphatic heterocycles. The first-order valence-electron chi connectivity index (χ1n) is 10.6. The molecule has 1 saturated heterocycles. The zero-order valence-electron chi connectivity index (χ0n) is 17.9. The molecule has 6 nitrogen and oxygen atoms in total. The van der Waals surface area contributed by atoms with Gasteiger partial charge in [0.05, 0.1) is 22.9 Å². The average Bonchev–Trinajstić information content (AvgIpc) is 2.75. The third-order valence-electron chi connectivity index (χ3n) is 6.06. The van der Waals surface area contributed by atoms with Gasteiger partial charge in [-0.1, -0.05) is 0 Å². The van der Waals surface area contributed by atoms with E-state index < -0.39 is 5.82 Å². The molecular weight excluding hydrogens is 400 g/mol. The van der Waals surface area contributed by atoms with Crippen molar-refractivity contribution in [3.63, 3.8) is 0 Å². The van der Waals surface area contributed by atoms with Crippen LogP contribution in [0.4, 0.5) is 8.78 Å². The van der Waals surface area contributed by atoms with E-state index in [4.69, 9.17) is 0 Å². The van der Waals surface area contributed by atoms with Crippen molar-refractivity contribution in [1.29, 1.82) is 0 Å². The molecule has 8 heteroatoms. The maximum absolute atomic E-state index is 13.8. The van der Waals surface area contributed by atoms with Gasteiger partial charge in [-0.05, 0) is 57.5 Å². The van der Waals surface area contributed by atoms with Crippen molar-refractivity contribution in [3.05, 3.63) is 69.4 Å². The molecule has 0 bridgehead atoms. The number of piperidine rings is 1. The lowest BCUT2D eigenvalue weighted by Crippen LogP contribution is -2.43. The number of likely N-dealkylation sites (tertiary alicyclic amines) is 1. The third kappa shape index (κ3) is 4.97. The molecule has 4 heterocycles. The first kappa shape index (κ1) is 21.5. The quantitative estimate of drug-likeness (QED) is 0.655. The van der Waals surface area contributed by atoms with Gasteiger partial charge in [-0.2, -0.15) is 0 Å². The van der Waals surface area contributed by atoms with Crippen LogP contribution < -0.4 is 10.9 Å². The van der Waals surface area contributed by atoms with Crippen molar-refractivity contribution in [3.8, 4) is 0 Å². The molecule has 4 rings (SSSR count). The number of fused-ring (bicyclic) bond motifs is 1. The Morgan fingerprint density at radius 1 is 1.10 bits per heavy atom. The van der Waals surface area contributed by atoms with Crippen LogP contribution >= 0.6 is 0 Å². The smallest absolute Gasteiger partial charge is 0.251 e. The van der Waals surface area contributed by atoms with Gasteiger partial charge in [0.25, 0.3) is 5.56 Å². The second-order valence-corrected chi connectivity index (χ2v) is 8.18. The lowest BCUT2D eigenvalue weighted by atomic mass is 10.0. The molecular formula is C23H27F2N5O. The van der Waals surface area contributed by atoms with E-state index in [1.807, 2.05) is 6.92 Å². The number of pyridine rings is 3. The standard InChI is InChI=1S/C23H27F2N5O/c1-15-17(11-20(25)16(2)28-15)13-26-19-5-7-29(8-6-19)9-10-30-22-12-18(24)14-27-21(22)3-4-23(30)31/h3-4,11-12,14,19,26H,5-10,13H2,1-2H3. The first-order chi connectivity index (χ1) is 14.9. The zero-order chi connectivity index (χ0) is 22.0. The molecule has 0 atom stereocenters. The summed E-state index contributed by atoms with van der Waals surface area (Å²) in [6.07, 6.45) is 3.11. The largest absolute Gasteiger partial charge is 0.310 e. The van der Waals surface area contributed by atoms with Crippen molar-refractivity contribution in [1.82, 2.24) is 24.8 Å². The van der Waals surface area contributed by atoms with Crippen LogP contribution in [0.15, 0.2) is 35.3 Å².